The molecule has 0 aromatic carbocycles. The van der Waals surface area contributed by atoms with Gasteiger partial charge >= 0.3 is 11.9 Å². The number of esters is 1. The van der Waals surface area contributed by atoms with Crippen LogP contribution in [-0.4, -0.2) is 59.3 Å². The number of unbranched alkanes of at least 4 members (excludes halogenated alkanes) is 19. The number of aliphatic carboxylic acids is 1. The molecule has 0 rings (SSSR count). The number of hydrogen-bond acceptors (Lipinski definition) is 6. The van der Waals surface area contributed by atoms with Gasteiger partial charge in [-0.2, -0.15) is 0 Å². The number of carbonyl (C=O) groups is 4. The van der Waals surface area contributed by atoms with E-state index in [1.54, 1.807) is 0 Å². The first-order chi connectivity index (χ1) is 26.8. The molecule has 316 valence electrons. The van der Waals surface area contributed by atoms with Crippen LogP contribution in [0.2, 0.25) is 0 Å². The van der Waals surface area contributed by atoms with Crippen LogP contribution in [0.1, 0.15) is 194 Å². The van der Waals surface area contributed by atoms with Gasteiger partial charge in [-0.1, -0.05) is 172 Å². The monoisotopic (exact) mass is 773 g/mol. The number of rotatable bonds is 39. The molecule has 4 N–H and O–H groups in total. The van der Waals surface area contributed by atoms with E-state index >= 15 is 0 Å². The number of carboxylic acids is 1. The van der Waals surface area contributed by atoms with Crippen molar-refractivity contribution in [3.05, 3.63) is 48.6 Å². The Morgan fingerprint density at radius 1 is 0.564 bits per heavy atom. The van der Waals surface area contributed by atoms with Crippen LogP contribution in [-0.2, 0) is 23.9 Å². The topological polar surface area (TPSA) is 142 Å². The molecule has 0 aliphatic carbocycles. The van der Waals surface area contributed by atoms with Crippen LogP contribution in [0.4, 0.5) is 0 Å². The highest BCUT2D eigenvalue weighted by atomic mass is 16.5. The maximum atomic E-state index is 12.8. The van der Waals surface area contributed by atoms with Crippen molar-refractivity contribution < 1.29 is 34.1 Å². The molecule has 0 aromatic rings. The van der Waals surface area contributed by atoms with Crippen LogP contribution in [0.3, 0.4) is 0 Å². The van der Waals surface area contributed by atoms with Gasteiger partial charge in [-0.05, 0) is 57.4 Å². The molecular weight excluding hydrogens is 693 g/mol. The van der Waals surface area contributed by atoms with Crippen molar-refractivity contribution in [2.24, 2.45) is 0 Å². The Balaban J connectivity index is 4.37. The van der Waals surface area contributed by atoms with E-state index < -0.39 is 24.5 Å². The summed E-state index contributed by atoms with van der Waals surface area (Å²) >= 11 is 0. The Morgan fingerprint density at radius 2 is 1.02 bits per heavy atom. The zero-order valence-electron chi connectivity index (χ0n) is 34.9. The van der Waals surface area contributed by atoms with E-state index in [1.165, 1.54) is 89.9 Å². The summed E-state index contributed by atoms with van der Waals surface area (Å²) in [4.78, 5) is 47.5. The summed E-state index contributed by atoms with van der Waals surface area (Å²) in [6.45, 7) is 3.35. The van der Waals surface area contributed by atoms with E-state index in [2.05, 4.69) is 67.0 Å². The highest BCUT2D eigenvalue weighted by Crippen LogP contribution is 2.16. The standard InChI is InChI=1S/C46H80N2O7/c1-3-5-7-9-11-13-15-16-17-18-19-21-23-25-30-34-38-45(52)55-41(35-31-27-24-22-20-14-12-10-8-6-4-2)36-32-28-26-29-33-37-43(50)47-39-44(51)48-42(40-49)46(53)54/h6,8,12,14,22,24,31,35,41-42,49H,3-5,7,9-11,13,15-21,23,25-30,32-34,36-40H2,1-2H3,(H,47,50)(H,48,51)(H,53,54)/b8-6-,14-12-,24-22-,35-31-. The highest BCUT2D eigenvalue weighted by molar-refractivity contribution is 5.87. The Morgan fingerprint density at radius 3 is 1.51 bits per heavy atom. The molecule has 9 nitrogen and oxygen atoms in total. The largest absolute Gasteiger partial charge is 0.480 e. The third kappa shape index (κ3) is 37.5. The fraction of sp³-hybridized carbons (Fsp3) is 0.739. The number of carbonyl (C=O) groups excluding carboxylic acids is 3. The molecule has 0 heterocycles. The summed E-state index contributed by atoms with van der Waals surface area (Å²) in [6, 6.07) is -1.39. The average molecular weight is 773 g/mol. The van der Waals surface area contributed by atoms with Crippen molar-refractivity contribution in [3.8, 4) is 0 Å². The molecule has 2 atom stereocenters. The van der Waals surface area contributed by atoms with Crippen molar-refractivity contribution in [2.45, 2.75) is 206 Å². The van der Waals surface area contributed by atoms with Crippen molar-refractivity contribution in [3.63, 3.8) is 0 Å². The molecule has 55 heavy (non-hydrogen) atoms. The fourth-order valence-electron chi connectivity index (χ4n) is 6.21. The molecule has 0 bridgehead atoms. The van der Waals surface area contributed by atoms with Gasteiger partial charge in [0.15, 0.2) is 0 Å². The SMILES string of the molecule is CC/C=C\C/C=C\C/C=C\C/C=C\C(CCCCCCCC(=O)NCC(=O)NC(CO)C(=O)O)OC(=O)CCCCCCCCCCCCCCCCCC. The summed E-state index contributed by atoms with van der Waals surface area (Å²) in [7, 11) is 0. The Kier molecular flexibility index (Phi) is 38.1. The number of allylic oxidation sites excluding steroid dienone is 7. The summed E-state index contributed by atoms with van der Waals surface area (Å²) < 4.78 is 5.92. The lowest BCUT2D eigenvalue weighted by Crippen LogP contribution is -2.47. The zero-order chi connectivity index (χ0) is 40.5. The maximum absolute atomic E-state index is 12.8. The summed E-state index contributed by atoms with van der Waals surface area (Å²) in [5, 5.41) is 22.5. The van der Waals surface area contributed by atoms with Crippen molar-refractivity contribution >= 4 is 23.8 Å². The van der Waals surface area contributed by atoms with Gasteiger partial charge in [0.1, 0.15) is 12.1 Å². The van der Waals surface area contributed by atoms with Crippen molar-refractivity contribution in [2.75, 3.05) is 13.2 Å². The van der Waals surface area contributed by atoms with Gasteiger partial charge in [0.2, 0.25) is 11.8 Å². The first kappa shape index (κ1) is 51.8. The average Bonchev–Trinajstić information content (AvgIpc) is 3.17. The van der Waals surface area contributed by atoms with Crippen LogP contribution >= 0.6 is 0 Å². The Labute approximate surface area is 335 Å². The first-order valence-corrected chi connectivity index (χ1v) is 22.0. The predicted octanol–water partition coefficient (Wildman–Crippen LogP) is 10.8. The molecule has 0 aromatic heterocycles. The van der Waals surface area contributed by atoms with Gasteiger partial charge in [0.05, 0.1) is 13.2 Å². The van der Waals surface area contributed by atoms with E-state index in [9.17, 15) is 19.2 Å². The third-order valence-electron chi connectivity index (χ3n) is 9.57. The van der Waals surface area contributed by atoms with E-state index in [-0.39, 0.29) is 30.9 Å². The molecule has 0 spiro atoms. The molecular formula is C46H80N2O7. The summed E-state index contributed by atoms with van der Waals surface area (Å²) in [6.07, 6.45) is 47.3. The minimum atomic E-state index is -1.39. The van der Waals surface area contributed by atoms with Crippen LogP contribution in [0.25, 0.3) is 0 Å². The number of aliphatic hydroxyl groups is 1. The number of nitrogens with one attached hydrogen (secondary N) is 2. The fourth-order valence-corrected chi connectivity index (χ4v) is 6.21. The van der Waals surface area contributed by atoms with Gasteiger partial charge in [0.25, 0.3) is 0 Å². The molecule has 9 heteroatoms. The highest BCUT2D eigenvalue weighted by Gasteiger charge is 2.18. The van der Waals surface area contributed by atoms with Gasteiger partial charge in [-0.25, -0.2) is 4.79 Å². The van der Waals surface area contributed by atoms with Crippen LogP contribution < -0.4 is 10.6 Å². The van der Waals surface area contributed by atoms with Crippen LogP contribution in [0.5, 0.6) is 0 Å². The third-order valence-corrected chi connectivity index (χ3v) is 9.57. The lowest BCUT2D eigenvalue weighted by Gasteiger charge is -2.15. The number of amides is 2. The van der Waals surface area contributed by atoms with Crippen LogP contribution in [0, 0.1) is 0 Å². The van der Waals surface area contributed by atoms with Gasteiger partial charge < -0.3 is 25.6 Å². The number of hydrogen-bond donors (Lipinski definition) is 4. The molecule has 0 saturated heterocycles. The quantitative estimate of drug-likeness (QED) is 0.0277. The summed E-state index contributed by atoms with van der Waals surface area (Å²) in [5.41, 5.74) is 0. The van der Waals surface area contributed by atoms with Crippen molar-refractivity contribution in [1.82, 2.24) is 10.6 Å². The predicted molar refractivity (Wildman–Crippen MR) is 227 cm³/mol. The maximum Gasteiger partial charge on any atom is 0.328 e. The second-order valence-corrected chi connectivity index (χ2v) is 14.8. The molecule has 0 aliphatic rings. The lowest BCUT2D eigenvalue weighted by atomic mass is 10.0. The molecule has 2 unspecified atom stereocenters. The minimum Gasteiger partial charge on any atom is -0.480 e. The molecule has 2 amide bonds. The normalized spacial score (nSPS) is 12.9. The lowest BCUT2D eigenvalue weighted by molar-refractivity contribution is -0.147. The van der Waals surface area contributed by atoms with Gasteiger partial charge in [-0.15, -0.1) is 0 Å². The first-order valence-electron chi connectivity index (χ1n) is 22.0. The number of aliphatic hydroxyl groups excluding tert-OH is 1. The van der Waals surface area contributed by atoms with E-state index in [4.69, 9.17) is 14.9 Å². The van der Waals surface area contributed by atoms with Crippen LogP contribution in [0.15, 0.2) is 48.6 Å². The minimum absolute atomic E-state index is 0.118. The smallest absolute Gasteiger partial charge is 0.328 e. The van der Waals surface area contributed by atoms with E-state index in [1.807, 2.05) is 6.08 Å². The molecule has 0 saturated carbocycles. The number of ether oxygens (including phenoxy) is 1. The molecule has 0 fully saturated rings. The molecule has 0 radical (unpaired) electrons. The van der Waals surface area contributed by atoms with Gasteiger partial charge in [0, 0.05) is 12.8 Å². The van der Waals surface area contributed by atoms with E-state index in [0.29, 0.717) is 12.8 Å². The Hall–Kier alpha value is -3.20. The Bertz CT molecular complexity index is 1070. The molecule has 0 aliphatic heterocycles. The van der Waals surface area contributed by atoms with Crippen molar-refractivity contribution in [1.29, 1.82) is 0 Å². The summed E-state index contributed by atoms with van der Waals surface area (Å²) in [5.74, 6) is -2.40. The second kappa shape index (κ2) is 40.5. The zero-order valence-corrected chi connectivity index (χ0v) is 34.9. The van der Waals surface area contributed by atoms with Gasteiger partial charge in [-0.3, -0.25) is 14.4 Å². The second-order valence-electron chi connectivity index (χ2n) is 14.8. The number of carboxylic acid groups (broad SMARTS) is 1. The van der Waals surface area contributed by atoms with E-state index in [0.717, 1.165) is 70.6 Å².